The molecule has 1 fully saturated rings. The van der Waals surface area contributed by atoms with E-state index in [2.05, 4.69) is 21.4 Å². The summed E-state index contributed by atoms with van der Waals surface area (Å²) in [6, 6.07) is 22.5. The normalized spacial score (nSPS) is 18.4. The number of benzene rings is 1. The van der Waals surface area contributed by atoms with Crippen molar-refractivity contribution in [2.75, 3.05) is 4.90 Å². The van der Waals surface area contributed by atoms with E-state index in [0.29, 0.717) is 10.8 Å². The number of nitrogens with one attached hydrogen (secondary N) is 1. The first-order valence-corrected chi connectivity index (χ1v) is 10.0. The molecule has 4 heterocycles. The minimum atomic E-state index is -0.238. The molecule has 30 heavy (non-hydrogen) atoms. The van der Waals surface area contributed by atoms with Crippen LogP contribution in [0, 0.1) is 0 Å². The number of hydrogen-bond acceptors (Lipinski definition) is 4. The fourth-order valence-corrected chi connectivity index (χ4v) is 4.26. The second-order valence-electron chi connectivity index (χ2n) is 6.98. The van der Waals surface area contributed by atoms with Crippen LogP contribution in [-0.2, 0) is 0 Å². The molecule has 0 amide bonds. The number of thiocarbonyl (C=S) groups is 1. The molecule has 4 aromatic rings. The van der Waals surface area contributed by atoms with Crippen molar-refractivity contribution in [2.45, 2.75) is 12.1 Å². The van der Waals surface area contributed by atoms with E-state index in [1.165, 1.54) is 0 Å². The number of hydrogen-bond donors (Lipinski definition) is 2. The number of phenolic OH excluding ortho intramolecular Hbond substituents is 1. The van der Waals surface area contributed by atoms with E-state index in [0.717, 1.165) is 17.2 Å². The van der Waals surface area contributed by atoms with E-state index in [1.807, 2.05) is 70.3 Å². The van der Waals surface area contributed by atoms with Crippen LogP contribution in [0.1, 0.15) is 23.5 Å². The molecule has 0 aliphatic carbocycles. The van der Waals surface area contributed by atoms with Crippen LogP contribution in [0.5, 0.6) is 5.75 Å². The van der Waals surface area contributed by atoms with Gasteiger partial charge in [0, 0.05) is 24.3 Å². The van der Waals surface area contributed by atoms with Gasteiger partial charge in [0.05, 0.1) is 17.4 Å². The molecule has 1 aliphatic heterocycles. The number of pyridine rings is 2. The summed E-state index contributed by atoms with van der Waals surface area (Å²) in [6.45, 7) is 0. The van der Waals surface area contributed by atoms with Crippen LogP contribution < -0.4 is 10.2 Å². The molecular weight excluding hydrogens is 394 g/mol. The molecule has 0 saturated carbocycles. The summed E-state index contributed by atoms with van der Waals surface area (Å²) < 4.78 is 2.04. The highest BCUT2D eigenvalue weighted by Crippen LogP contribution is 2.44. The van der Waals surface area contributed by atoms with Crippen molar-refractivity contribution in [1.82, 2.24) is 19.9 Å². The molecule has 0 radical (unpaired) electrons. The average Bonchev–Trinajstić information content (AvgIpc) is 3.40. The van der Waals surface area contributed by atoms with Crippen LogP contribution in [-0.4, -0.2) is 24.8 Å². The molecule has 1 saturated heterocycles. The molecular formula is C23H19N5OS. The quantitative estimate of drug-likeness (QED) is 0.490. The third-order valence-electron chi connectivity index (χ3n) is 5.22. The minimum Gasteiger partial charge on any atom is -0.506 e. The highest BCUT2D eigenvalue weighted by Gasteiger charge is 2.43. The monoisotopic (exact) mass is 413 g/mol. The Bertz CT molecular complexity index is 1180. The van der Waals surface area contributed by atoms with Gasteiger partial charge in [-0.05, 0) is 60.7 Å². The first-order valence-electron chi connectivity index (χ1n) is 9.61. The fourth-order valence-electron chi connectivity index (χ4n) is 3.92. The standard InChI is InChI=1S/C23H19N5OS/c29-19-11-2-1-9-17(19)28-22(21(26-23(28)30)16-8-3-5-13-24-16)18-10-7-15-27(18)20-12-4-6-14-25-20/h1-15,21-22,29H,(H,26,30)/t21-,22-/m0/s1. The van der Waals surface area contributed by atoms with Crippen LogP contribution in [0.2, 0.25) is 0 Å². The summed E-state index contributed by atoms with van der Waals surface area (Å²) in [7, 11) is 0. The Kier molecular flexibility index (Phi) is 4.65. The van der Waals surface area contributed by atoms with Crippen LogP contribution in [0.15, 0.2) is 91.4 Å². The molecule has 6 nitrogen and oxygen atoms in total. The molecule has 1 aromatic carbocycles. The van der Waals surface area contributed by atoms with Crippen molar-refractivity contribution in [2.24, 2.45) is 0 Å². The van der Waals surface area contributed by atoms with Gasteiger partial charge in [-0.2, -0.15) is 0 Å². The lowest BCUT2D eigenvalue weighted by atomic mass is 10.0. The highest BCUT2D eigenvalue weighted by atomic mass is 32.1. The van der Waals surface area contributed by atoms with Gasteiger partial charge in [-0.1, -0.05) is 24.3 Å². The van der Waals surface area contributed by atoms with Gasteiger partial charge in [0.1, 0.15) is 17.6 Å². The fraction of sp³-hybridized carbons (Fsp3) is 0.0870. The summed E-state index contributed by atoms with van der Waals surface area (Å²) in [6.07, 6.45) is 5.53. The molecule has 3 aromatic heterocycles. The van der Waals surface area contributed by atoms with Crippen LogP contribution in [0.3, 0.4) is 0 Å². The van der Waals surface area contributed by atoms with Crippen molar-refractivity contribution >= 4 is 23.0 Å². The Hall–Kier alpha value is -3.71. The topological polar surface area (TPSA) is 66.2 Å². The molecule has 2 atom stereocenters. The summed E-state index contributed by atoms with van der Waals surface area (Å²) in [5.41, 5.74) is 2.50. The van der Waals surface area contributed by atoms with E-state index in [9.17, 15) is 5.11 Å². The number of phenols is 1. The second-order valence-corrected chi connectivity index (χ2v) is 7.36. The lowest BCUT2D eigenvalue weighted by molar-refractivity contribution is 0.472. The van der Waals surface area contributed by atoms with Gasteiger partial charge in [-0.3, -0.25) is 4.98 Å². The van der Waals surface area contributed by atoms with Crippen molar-refractivity contribution < 1.29 is 5.11 Å². The van der Waals surface area contributed by atoms with Gasteiger partial charge in [-0.15, -0.1) is 0 Å². The van der Waals surface area contributed by atoms with Crippen molar-refractivity contribution in [3.05, 3.63) is 103 Å². The summed E-state index contributed by atoms with van der Waals surface area (Å²) in [5, 5.41) is 14.5. The molecule has 0 bridgehead atoms. The van der Waals surface area contributed by atoms with E-state index in [-0.39, 0.29) is 17.8 Å². The second kappa shape index (κ2) is 7.61. The predicted molar refractivity (Wildman–Crippen MR) is 120 cm³/mol. The Labute approximate surface area is 179 Å². The lowest BCUT2D eigenvalue weighted by Gasteiger charge is -2.29. The highest BCUT2D eigenvalue weighted by molar-refractivity contribution is 7.80. The largest absolute Gasteiger partial charge is 0.506 e. The first-order chi connectivity index (χ1) is 14.7. The molecule has 2 N–H and O–H groups in total. The first kappa shape index (κ1) is 18.3. The number of nitrogens with zero attached hydrogens (tertiary/aromatic N) is 4. The van der Waals surface area contributed by atoms with Crippen LogP contribution >= 0.6 is 12.2 Å². The zero-order valence-electron chi connectivity index (χ0n) is 16.0. The smallest absolute Gasteiger partial charge is 0.174 e. The maximum atomic E-state index is 10.6. The summed E-state index contributed by atoms with van der Waals surface area (Å²) in [5.74, 6) is 0.983. The van der Waals surface area contributed by atoms with Gasteiger partial charge >= 0.3 is 0 Å². The zero-order valence-corrected chi connectivity index (χ0v) is 16.8. The van der Waals surface area contributed by atoms with E-state index in [4.69, 9.17) is 12.2 Å². The van der Waals surface area contributed by atoms with Gasteiger partial charge in [0.25, 0.3) is 0 Å². The minimum absolute atomic E-state index is 0.171. The molecule has 5 rings (SSSR count). The number of aromatic nitrogens is 3. The van der Waals surface area contributed by atoms with E-state index in [1.54, 1.807) is 24.5 Å². The third-order valence-corrected chi connectivity index (χ3v) is 5.53. The molecule has 0 spiro atoms. The lowest BCUT2D eigenvalue weighted by Crippen LogP contribution is -2.30. The number of aromatic hydroxyl groups is 1. The molecule has 148 valence electrons. The van der Waals surface area contributed by atoms with Gasteiger partial charge in [0.2, 0.25) is 0 Å². The SMILES string of the molecule is Oc1ccccc1N1C(=S)N[C@@H](c2ccccn2)[C@@H]1c1cccn1-c1ccccn1. The molecule has 0 unspecified atom stereocenters. The Morgan fingerprint density at radius 1 is 0.867 bits per heavy atom. The Morgan fingerprint density at radius 2 is 1.63 bits per heavy atom. The van der Waals surface area contributed by atoms with E-state index < -0.39 is 0 Å². The van der Waals surface area contributed by atoms with Crippen LogP contribution in [0.25, 0.3) is 5.82 Å². The maximum absolute atomic E-state index is 10.6. The Balaban J connectivity index is 1.69. The number of para-hydroxylation sites is 2. The van der Waals surface area contributed by atoms with Gasteiger partial charge in [0.15, 0.2) is 5.11 Å². The van der Waals surface area contributed by atoms with Crippen LogP contribution in [0.4, 0.5) is 5.69 Å². The zero-order chi connectivity index (χ0) is 20.5. The summed E-state index contributed by atoms with van der Waals surface area (Å²) >= 11 is 5.72. The maximum Gasteiger partial charge on any atom is 0.174 e. The van der Waals surface area contributed by atoms with Gasteiger partial charge in [-0.25, -0.2) is 4.98 Å². The van der Waals surface area contributed by atoms with Gasteiger partial charge < -0.3 is 19.9 Å². The van der Waals surface area contributed by atoms with Crippen molar-refractivity contribution in [3.8, 4) is 11.6 Å². The predicted octanol–water partition coefficient (Wildman–Crippen LogP) is 4.15. The molecule has 1 aliphatic rings. The van der Waals surface area contributed by atoms with Crippen molar-refractivity contribution in [3.63, 3.8) is 0 Å². The molecule has 7 heteroatoms. The third kappa shape index (κ3) is 3.09. The van der Waals surface area contributed by atoms with E-state index >= 15 is 0 Å². The van der Waals surface area contributed by atoms with Crippen molar-refractivity contribution in [1.29, 1.82) is 0 Å². The Morgan fingerprint density at radius 3 is 2.37 bits per heavy atom. The average molecular weight is 414 g/mol. The summed E-state index contributed by atoms with van der Waals surface area (Å²) in [4.78, 5) is 11.0. The number of rotatable bonds is 4. The number of anilines is 1.